The molecule has 3 nitrogen and oxygen atoms in total. The van der Waals surface area contributed by atoms with E-state index in [4.69, 9.17) is 0 Å². The van der Waals surface area contributed by atoms with Gasteiger partial charge in [-0.15, -0.1) is 0 Å². The van der Waals surface area contributed by atoms with Crippen LogP contribution in [0.3, 0.4) is 0 Å². The summed E-state index contributed by atoms with van der Waals surface area (Å²) in [5, 5.41) is 2.77. The van der Waals surface area contributed by atoms with Crippen molar-refractivity contribution in [1.29, 1.82) is 0 Å². The molecule has 0 aliphatic carbocycles. The third-order valence-electron chi connectivity index (χ3n) is 2.23. The molecule has 1 N–H and O–H groups in total. The zero-order valence-electron chi connectivity index (χ0n) is 6.77. The molecule has 0 atom stereocenters. The minimum Gasteiger partial charge on any atom is -0.338 e. The highest BCUT2D eigenvalue weighted by molar-refractivity contribution is 5.75. The van der Waals surface area contributed by atoms with Gasteiger partial charge in [-0.25, -0.2) is 4.79 Å². The van der Waals surface area contributed by atoms with Gasteiger partial charge in [0.2, 0.25) is 0 Å². The first kappa shape index (κ1) is 7.38. The van der Waals surface area contributed by atoms with Gasteiger partial charge in [0.15, 0.2) is 0 Å². The van der Waals surface area contributed by atoms with E-state index in [1.54, 1.807) is 4.90 Å². The Kier molecular flexibility index (Phi) is 1.58. The Morgan fingerprint density at radius 1 is 1.60 bits per heavy atom. The van der Waals surface area contributed by atoms with Crippen LogP contribution in [0.25, 0.3) is 0 Å². The second kappa shape index (κ2) is 2.15. The van der Waals surface area contributed by atoms with Gasteiger partial charge in [-0.1, -0.05) is 0 Å². The third kappa shape index (κ3) is 1.08. The van der Waals surface area contributed by atoms with Crippen molar-refractivity contribution >= 4 is 6.03 Å². The first-order valence-electron chi connectivity index (χ1n) is 3.56. The standard InChI is InChI=1S/C7H14N2O/c1-7(2)4-5-8-6(10)9(7)3/h4-5H2,1-3H3,(H,8,10). The summed E-state index contributed by atoms with van der Waals surface area (Å²) in [6.45, 7) is 4.95. The van der Waals surface area contributed by atoms with Crippen LogP contribution >= 0.6 is 0 Å². The molecule has 0 unspecified atom stereocenters. The lowest BCUT2D eigenvalue weighted by Crippen LogP contribution is -2.55. The fraction of sp³-hybridized carbons (Fsp3) is 0.857. The Bertz CT molecular complexity index is 154. The van der Waals surface area contributed by atoms with Gasteiger partial charge in [-0.05, 0) is 20.3 Å². The van der Waals surface area contributed by atoms with Gasteiger partial charge in [0.25, 0.3) is 0 Å². The normalized spacial score (nSPS) is 24.3. The van der Waals surface area contributed by atoms with Crippen LogP contribution in [-0.4, -0.2) is 30.1 Å². The van der Waals surface area contributed by atoms with E-state index in [1.807, 2.05) is 7.05 Å². The Labute approximate surface area is 61.4 Å². The summed E-state index contributed by atoms with van der Waals surface area (Å²) in [5.41, 5.74) is 0.0301. The molecule has 0 aromatic heterocycles. The van der Waals surface area contributed by atoms with E-state index < -0.39 is 0 Å². The number of hydrogen-bond acceptors (Lipinski definition) is 1. The van der Waals surface area contributed by atoms with Gasteiger partial charge in [-0.2, -0.15) is 0 Å². The topological polar surface area (TPSA) is 32.3 Å². The molecule has 1 saturated heterocycles. The first-order valence-corrected chi connectivity index (χ1v) is 3.56. The molecule has 0 aromatic rings. The van der Waals surface area contributed by atoms with Crippen molar-refractivity contribution < 1.29 is 4.79 Å². The molecular formula is C7H14N2O. The van der Waals surface area contributed by atoms with Crippen molar-refractivity contribution in [2.75, 3.05) is 13.6 Å². The van der Waals surface area contributed by atoms with E-state index in [0.717, 1.165) is 13.0 Å². The van der Waals surface area contributed by atoms with Gasteiger partial charge < -0.3 is 10.2 Å². The summed E-state index contributed by atoms with van der Waals surface area (Å²) in [5.74, 6) is 0. The van der Waals surface area contributed by atoms with Crippen molar-refractivity contribution in [3.63, 3.8) is 0 Å². The predicted octanol–water partition coefficient (Wildman–Crippen LogP) is 0.810. The lowest BCUT2D eigenvalue weighted by atomic mass is 9.97. The molecule has 0 radical (unpaired) electrons. The molecule has 1 rings (SSSR count). The summed E-state index contributed by atoms with van der Waals surface area (Å²) in [6.07, 6.45) is 1.02. The zero-order chi connectivity index (χ0) is 7.78. The van der Waals surface area contributed by atoms with Gasteiger partial charge in [0.05, 0.1) is 0 Å². The summed E-state index contributed by atoms with van der Waals surface area (Å²) in [7, 11) is 1.83. The number of urea groups is 1. The number of nitrogens with one attached hydrogen (secondary N) is 1. The summed E-state index contributed by atoms with van der Waals surface area (Å²) < 4.78 is 0. The van der Waals surface area contributed by atoms with Gasteiger partial charge in [0.1, 0.15) is 0 Å². The highest BCUT2D eigenvalue weighted by Crippen LogP contribution is 2.19. The van der Waals surface area contributed by atoms with Crippen LogP contribution in [0.1, 0.15) is 20.3 Å². The number of hydrogen-bond donors (Lipinski definition) is 1. The molecule has 3 heteroatoms. The maximum atomic E-state index is 11.0. The molecule has 10 heavy (non-hydrogen) atoms. The summed E-state index contributed by atoms with van der Waals surface area (Å²) in [6, 6.07) is 0.0382. The molecule has 0 bridgehead atoms. The van der Waals surface area contributed by atoms with Crippen LogP contribution in [0.4, 0.5) is 4.79 Å². The van der Waals surface area contributed by atoms with Crippen LogP contribution in [0.15, 0.2) is 0 Å². The Hall–Kier alpha value is -0.730. The number of nitrogens with zero attached hydrogens (tertiary/aromatic N) is 1. The average Bonchev–Trinajstić information content (AvgIpc) is 1.83. The molecule has 1 aliphatic rings. The number of carbonyl (C=O) groups is 1. The van der Waals surface area contributed by atoms with Gasteiger partial charge in [-0.3, -0.25) is 0 Å². The predicted molar refractivity (Wildman–Crippen MR) is 39.9 cm³/mol. The molecule has 1 aliphatic heterocycles. The highest BCUT2D eigenvalue weighted by Gasteiger charge is 2.30. The van der Waals surface area contributed by atoms with Crippen LogP contribution in [0, 0.1) is 0 Å². The monoisotopic (exact) mass is 142 g/mol. The molecule has 0 spiro atoms. The van der Waals surface area contributed by atoms with Crippen molar-refractivity contribution in [3.05, 3.63) is 0 Å². The number of amides is 2. The van der Waals surface area contributed by atoms with Crippen molar-refractivity contribution in [3.8, 4) is 0 Å². The second-order valence-corrected chi connectivity index (χ2v) is 3.35. The zero-order valence-corrected chi connectivity index (χ0v) is 6.77. The van der Waals surface area contributed by atoms with Crippen LogP contribution in [0.5, 0.6) is 0 Å². The van der Waals surface area contributed by atoms with Crippen LogP contribution < -0.4 is 5.32 Å². The van der Waals surface area contributed by atoms with Crippen LogP contribution in [-0.2, 0) is 0 Å². The summed E-state index contributed by atoms with van der Waals surface area (Å²) >= 11 is 0. The summed E-state index contributed by atoms with van der Waals surface area (Å²) in [4.78, 5) is 12.8. The molecule has 2 amide bonds. The number of carbonyl (C=O) groups excluding carboxylic acids is 1. The Balaban J connectivity index is 2.69. The Morgan fingerprint density at radius 3 is 2.60 bits per heavy atom. The molecular weight excluding hydrogens is 128 g/mol. The minimum absolute atomic E-state index is 0.0301. The fourth-order valence-corrected chi connectivity index (χ4v) is 1.04. The quantitative estimate of drug-likeness (QED) is 0.533. The molecule has 0 aromatic carbocycles. The van der Waals surface area contributed by atoms with Gasteiger partial charge in [0, 0.05) is 19.1 Å². The van der Waals surface area contributed by atoms with Crippen LogP contribution in [0.2, 0.25) is 0 Å². The van der Waals surface area contributed by atoms with Crippen molar-refractivity contribution in [2.24, 2.45) is 0 Å². The van der Waals surface area contributed by atoms with E-state index in [-0.39, 0.29) is 11.6 Å². The molecule has 1 fully saturated rings. The second-order valence-electron chi connectivity index (χ2n) is 3.35. The molecule has 0 saturated carbocycles. The molecule has 58 valence electrons. The first-order chi connectivity index (χ1) is 4.54. The highest BCUT2D eigenvalue weighted by atomic mass is 16.2. The maximum Gasteiger partial charge on any atom is 0.317 e. The van der Waals surface area contributed by atoms with E-state index in [9.17, 15) is 4.79 Å². The average molecular weight is 142 g/mol. The van der Waals surface area contributed by atoms with E-state index >= 15 is 0 Å². The number of rotatable bonds is 0. The maximum absolute atomic E-state index is 11.0. The van der Waals surface area contributed by atoms with E-state index in [0.29, 0.717) is 0 Å². The fourth-order valence-electron chi connectivity index (χ4n) is 1.04. The van der Waals surface area contributed by atoms with Crippen molar-refractivity contribution in [2.45, 2.75) is 25.8 Å². The largest absolute Gasteiger partial charge is 0.338 e. The van der Waals surface area contributed by atoms with Gasteiger partial charge >= 0.3 is 6.03 Å². The lowest BCUT2D eigenvalue weighted by Gasteiger charge is -2.39. The van der Waals surface area contributed by atoms with E-state index in [2.05, 4.69) is 19.2 Å². The SMILES string of the molecule is CN1C(=O)NCCC1(C)C. The van der Waals surface area contributed by atoms with E-state index in [1.165, 1.54) is 0 Å². The minimum atomic E-state index is 0.0301. The smallest absolute Gasteiger partial charge is 0.317 e. The molecule has 1 heterocycles. The third-order valence-corrected chi connectivity index (χ3v) is 2.23. The lowest BCUT2D eigenvalue weighted by molar-refractivity contribution is 0.130. The Morgan fingerprint density at radius 2 is 2.20 bits per heavy atom. The van der Waals surface area contributed by atoms with Crippen molar-refractivity contribution in [1.82, 2.24) is 10.2 Å².